The molecule has 0 fully saturated rings. The van der Waals surface area contributed by atoms with Gasteiger partial charge in [0.05, 0.1) is 0 Å². The van der Waals surface area contributed by atoms with Gasteiger partial charge in [-0.25, -0.2) is 0 Å². The van der Waals surface area contributed by atoms with Gasteiger partial charge in [0.1, 0.15) is 0 Å². The van der Waals surface area contributed by atoms with E-state index in [-0.39, 0.29) is 66.5 Å². The van der Waals surface area contributed by atoms with Gasteiger partial charge in [0.15, 0.2) is 17.4 Å². The maximum atomic E-state index is 0. The van der Waals surface area contributed by atoms with Gasteiger partial charge >= 0.3 is 0 Å². The summed E-state index contributed by atoms with van der Waals surface area (Å²) in [6, 6.07) is 0. The van der Waals surface area contributed by atoms with Crippen LogP contribution in [0.15, 0.2) is 0 Å². The van der Waals surface area contributed by atoms with Gasteiger partial charge < -0.3 is 0 Å². The van der Waals surface area contributed by atoms with Crippen LogP contribution in [0.3, 0.4) is 0 Å². The molecule has 0 N–H and O–H groups in total. The Morgan fingerprint density at radius 2 is 1.00 bits per heavy atom. The van der Waals surface area contributed by atoms with E-state index in [9.17, 15) is 0 Å². The molecule has 0 aliphatic carbocycles. The fourth-order valence-corrected chi connectivity index (χ4v) is 0. The summed E-state index contributed by atoms with van der Waals surface area (Å²) in [5.41, 5.74) is 0. The maximum absolute atomic E-state index is 0. The predicted octanol–water partition coefficient (Wildman–Crippen LogP) is -2.37. The molecule has 27 valence electrons. The maximum Gasteiger partial charge on any atom is 0.187 e. The molecule has 4 heteroatoms. The molecule has 0 amide bonds. The summed E-state index contributed by atoms with van der Waals surface area (Å²) in [6.45, 7) is 0. The van der Waals surface area contributed by atoms with E-state index in [0.717, 1.165) is 0 Å². The first-order chi connectivity index (χ1) is 0. The second-order valence-electron chi connectivity index (χ2n) is 0. The monoisotopic (exact) mass is 215 g/mol. The number of hydrogen-bond acceptors (Lipinski definition) is 0. The molecule has 0 saturated heterocycles. The molecular weight excluding hydrogens is 207 g/mol. The number of rotatable bonds is 0. The van der Waals surface area contributed by atoms with Crippen LogP contribution in [-0.4, -0.2) is 28.3 Å². The van der Waals surface area contributed by atoms with Crippen LogP contribution in [0.4, 0.5) is 0 Å². The van der Waals surface area contributed by atoms with Crippen LogP contribution in [-0.2, 0) is 38.1 Å². The first kappa shape index (κ1) is 38.2. The minimum absolute atomic E-state index is 0. The molecule has 0 aromatic heterocycles. The third-order valence-electron chi connectivity index (χ3n) is 0. The summed E-state index contributed by atoms with van der Waals surface area (Å²) in [5.74, 6) is 0. The van der Waals surface area contributed by atoms with Gasteiger partial charge in [0, 0.05) is 38.1 Å². The zero-order chi connectivity index (χ0) is 0. The summed E-state index contributed by atoms with van der Waals surface area (Å²) in [7, 11) is 0. The van der Waals surface area contributed by atoms with E-state index in [4.69, 9.17) is 0 Å². The van der Waals surface area contributed by atoms with Crippen LogP contribution >= 0.6 is 0 Å². The first-order valence-electron chi connectivity index (χ1n) is 0. The smallest absolute Gasteiger partial charge is 0.0125 e. The van der Waals surface area contributed by atoms with Crippen molar-refractivity contribution in [3.05, 3.63) is 0 Å². The summed E-state index contributed by atoms with van der Waals surface area (Å²) in [4.78, 5) is 0. The molecular formula is H6AlFeMoSi. The fraction of sp³-hybridized carbons (Fsp3) is 0. The second-order valence-corrected chi connectivity index (χ2v) is 0. The van der Waals surface area contributed by atoms with Crippen molar-refractivity contribution in [2.45, 2.75) is 0 Å². The van der Waals surface area contributed by atoms with Crippen molar-refractivity contribution in [2.75, 3.05) is 0 Å². The van der Waals surface area contributed by atoms with Crippen molar-refractivity contribution in [2.24, 2.45) is 0 Å². The number of hydrogen-bond donors (Lipinski definition) is 0. The molecule has 0 saturated carbocycles. The van der Waals surface area contributed by atoms with Gasteiger partial charge in [0.2, 0.25) is 0 Å². The molecule has 0 aliphatic rings. The van der Waals surface area contributed by atoms with Gasteiger partial charge in [-0.05, 0) is 11.0 Å². The molecule has 0 aromatic carbocycles. The van der Waals surface area contributed by atoms with Gasteiger partial charge in [-0.15, -0.1) is 0 Å². The topological polar surface area (TPSA) is 0 Å². The van der Waals surface area contributed by atoms with Crippen molar-refractivity contribution >= 4 is 28.3 Å². The molecule has 0 rings (SSSR count). The first-order valence-corrected chi connectivity index (χ1v) is 0. The summed E-state index contributed by atoms with van der Waals surface area (Å²) < 4.78 is 0. The molecule has 4 heavy (non-hydrogen) atoms. The molecule has 0 aliphatic heterocycles. The van der Waals surface area contributed by atoms with Crippen LogP contribution in [0.5, 0.6) is 0 Å². The second kappa shape index (κ2) is 20.3. The summed E-state index contributed by atoms with van der Waals surface area (Å²) in [5, 5.41) is 0. The Balaban J connectivity index is 0. The molecule has 0 spiro atoms. The molecule has 0 bridgehead atoms. The molecule has 0 nitrogen and oxygen atoms in total. The van der Waals surface area contributed by atoms with Gasteiger partial charge in [0.25, 0.3) is 0 Å². The van der Waals surface area contributed by atoms with Crippen LogP contribution in [0, 0.1) is 0 Å². The third kappa shape index (κ3) is 9.03. The van der Waals surface area contributed by atoms with E-state index in [1.54, 1.807) is 0 Å². The Kier molecular flexibility index (Phi) is 194. The summed E-state index contributed by atoms with van der Waals surface area (Å²) in [6.07, 6.45) is 0. The van der Waals surface area contributed by atoms with Crippen molar-refractivity contribution < 1.29 is 38.1 Å². The van der Waals surface area contributed by atoms with Gasteiger partial charge in [-0.1, -0.05) is 0 Å². The quantitative estimate of drug-likeness (QED) is 0.394. The van der Waals surface area contributed by atoms with Crippen LogP contribution in [0.1, 0.15) is 0 Å². The van der Waals surface area contributed by atoms with Gasteiger partial charge in [-0.3, -0.25) is 0 Å². The van der Waals surface area contributed by atoms with E-state index >= 15 is 0 Å². The Bertz CT molecular complexity index is 8.00. The van der Waals surface area contributed by atoms with E-state index in [1.165, 1.54) is 0 Å². The zero-order valence-electron chi connectivity index (χ0n) is 1.76. The van der Waals surface area contributed by atoms with E-state index < -0.39 is 0 Å². The zero-order valence-corrected chi connectivity index (χ0v) is 6.87. The van der Waals surface area contributed by atoms with Crippen molar-refractivity contribution in [1.82, 2.24) is 0 Å². The van der Waals surface area contributed by atoms with Gasteiger partial charge in [-0.2, -0.15) is 0 Å². The largest absolute Gasteiger partial charge is 0.187 e. The minimum Gasteiger partial charge on any atom is -0.0125 e. The molecule has 0 atom stereocenters. The van der Waals surface area contributed by atoms with Crippen molar-refractivity contribution in [1.29, 1.82) is 0 Å². The third-order valence-corrected chi connectivity index (χ3v) is 0. The van der Waals surface area contributed by atoms with Crippen LogP contribution in [0.2, 0.25) is 0 Å². The van der Waals surface area contributed by atoms with E-state index in [1.807, 2.05) is 0 Å². The molecule has 1 radical (unpaired) electrons. The molecule has 0 aromatic rings. The van der Waals surface area contributed by atoms with E-state index in [0.29, 0.717) is 0 Å². The average Bonchev–Trinajstić information content (AvgIpc) is 0. The molecule has 0 heterocycles. The average molecular weight is 213 g/mol. The normalized spacial score (nSPS) is 0. The Morgan fingerprint density at radius 3 is 1.00 bits per heavy atom. The minimum atomic E-state index is 0. The summed E-state index contributed by atoms with van der Waals surface area (Å²) >= 11 is 0. The predicted molar refractivity (Wildman–Crippen MR) is 19.9 cm³/mol. The Hall–Kier alpha value is 1.96. The van der Waals surface area contributed by atoms with Crippen LogP contribution < -0.4 is 0 Å². The molecule has 0 unspecified atom stereocenters. The van der Waals surface area contributed by atoms with Crippen molar-refractivity contribution in [3.8, 4) is 0 Å². The van der Waals surface area contributed by atoms with Crippen molar-refractivity contribution in [3.63, 3.8) is 0 Å². The Morgan fingerprint density at radius 1 is 1.00 bits per heavy atom. The standard InChI is InChI=1S/Al.Fe.Mo.H3Si.3H/h;;;1H3;;;. The van der Waals surface area contributed by atoms with Crippen LogP contribution in [0.25, 0.3) is 0 Å². The fourth-order valence-electron chi connectivity index (χ4n) is 0. The Labute approximate surface area is 66.0 Å². The van der Waals surface area contributed by atoms with E-state index in [2.05, 4.69) is 0 Å². The SMILES string of the molecule is [AlH3].[Fe].[Mo].[SiH3].